The molecular formula is C17H14N4O6S. The largest absolute Gasteiger partial charge is 0.458 e. The number of nitrogens with zero attached hydrogens (tertiary/aromatic N) is 3. The summed E-state index contributed by atoms with van der Waals surface area (Å²) in [6.07, 6.45) is 0. The molecule has 1 N–H and O–H groups in total. The standard InChI is InChI=1S/C17H14N4O6S/c1-10-9-28-17-19-12(6-14(22)20(10)17)8-27-15(23)7-18-16(24)11-3-2-4-13(5-11)21(25)26/h2-6,9H,7-8H2,1H3,(H,18,24). The molecular weight excluding hydrogens is 388 g/mol. The first-order chi connectivity index (χ1) is 13.3. The molecule has 0 spiro atoms. The molecule has 144 valence electrons. The van der Waals surface area contributed by atoms with E-state index in [1.54, 1.807) is 12.3 Å². The Kier molecular flexibility index (Phi) is 5.45. The number of fused-ring (bicyclic) bond motifs is 1. The number of non-ortho nitro benzene ring substituents is 1. The number of amides is 1. The minimum absolute atomic E-state index is 0.0511. The molecule has 0 aliphatic heterocycles. The van der Waals surface area contributed by atoms with E-state index in [1.165, 1.54) is 40.0 Å². The quantitative estimate of drug-likeness (QED) is 0.375. The van der Waals surface area contributed by atoms with E-state index in [-0.39, 0.29) is 23.4 Å². The van der Waals surface area contributed by atoms with E-state index in [4.69, 9.17) is 4.74 Å². The van der Waals surface area contributed by atoms with E-state index in [0.717, 1.165) is 11.8 Å². The van der Waals surface area contributed by atoms with Crippen molar-refractivity contribution in [3.05, 3.63) is 73.1 Å². The highest BCUT2D eigenvalue weighted by atomic mass is 32.1. The van der Waals surface area contributed by atoms with Crippen LogP contribution in [0.3, 0.4) is 0 Å². The van der Waals surface area contributed by atoms with E-state index in [1.807, 2.05) is 0 Å². The lowest BCUT2D eigenvalue weighted by Crippen LogP contribution is -2.30. The highest BCUT2D eigenvalue weighted by Crippen LogP contribution is 2.13. The highest BCUT2D eigenvalue weighted by Gasteiger charge is 2.14. The minimum atomic E-state index is -0.733. The summed E-state index contributed by atoms with van der Waals surface area (Å²) in [5, 5.41) is 14.9. The second-order valence-corrected chi connectivity index (χ2v) is 6.57. The van der Waals surface area contributed by atoms with Gasteiger partial charge in [0.25, 0.3) is 17.2 Å². The maximum absolute atomic E-state index is 12.1. The van der Waals surface area contributed by atoms with E-state index in [9.17, 15) is 24.5 Å². The van der Waals surface area contributed by atoms with Crippen LogP contribution in [0.15, 0.2) is 40.5 Å². The molecule has 0 saturated carbocycles. The molecule has 2 heterocycles. The molecule has 2 aromatic heterocycles. The van der Waals surface area contributed by atoms with Crippen LogP contribution in [-0.2, 0) is 16.1 Å². The number of carbonyl (C=O) groups is 2. The van der Waals surface area contributed by atoms with Crippen molar-refractivity contribution in [1.29, 1.82) is 0 Å². The van der Waals surface area contributed by atoms with Crippen LogP contribution in [0.1, 0.15) is 21.7 Å². The Bertz CT molecular complexity index is 1140. The summed E-state index contributed by atoms with van der Waals surface area (Å²) >= 11 is 1.30. The number of aryl methyl sites for hydroxylation is 1. The fourth-order valence-corrected chi connectivity index (χ4v) is 3.29. The third-order valence-electron chi connectivity index (χ3n) is 3.72. The van der Waals surface area contributed by atoms with Gasteiger partial charge < -0.3 is 10.1 Å². The molecule has 3 rings (SSSR count). The van der Waals surface area contributed by atoms with E-state index in [0.29, 0.717) is 10.7 Å². The van der Waals surface area contributed by atoms with Crippen molar-refractivity contribution >= 4 is 33.9 Å². The lowest BCUT2D eigenvalue weighted by atomic mass is 10.2. The van der Waals surface area contributed by atoms with Crippen molar-refractivity contribution in [2.24, 2.45) is 0 Å². The number of nitro benzene ring substituents is 1. The molecule has 0 atom stereocenters. The predicted octanol–water partition coefficient (Wildman–Crippen LogP) is 1.45. The molecule has 1 aromatic carbocycles. The second kappa shape index (κ2) is 7.96. The normalized spacial score (nSPS) is 10.6. The van der Waals surface area contributed by atoms with Gasteiger partial charge in [-0.05, 0) is 13.0 Å². The third kappa shape index (κ3) is 4.20. The Balaban J connectivity index is 1.56. The van der Waals surface area contributed by atoms with E-state index >= 15 is 0 Å². The third-order valence-corrected chi connectivity index (χ3v) is 4.67. The van der Waals surface area contributed by atoms with Crippen molar-refractivity contribution in [1.82, 2.24) is 14.7 Å². The number of hydrogen-bond acceptors (Lipinski definition) is 8. The molecule has 0 fully saturated rings. The summed E-state index contributed by atoms with van der Waals surface area (Å²) in [7, 11) is 0. The monoisotopic (exact) mass is 402 g/mol. The van der Waals surface area contributed by atoms with Crippen LogP contribution in [-0.4, -0.2) is 32.7 Å². The van der Waals surface area contributed by atoms with Crippen molar-refractivity contribution < 1.29 is 19.2 Å². The smallest absolute Gasteiger partial charge is 0.325 e. The van der Waals surface area contributed by atoms with Gasteiger partial charge in [0.2, 0.25) is 0 Å². The van der Waals surface area contributed by atoms with Crippen molar-refractivity contribution in [2.75, 3.05) is 6.54 Å². The molecule has 0 aliphatic carbocycles. The molecule has 0 bridgehead atoms. The van der Waals surface area contributed by atoms with Crippen LogP contribution < -0.4 is 10.9 Å². The number of carbonyl (C=O) groups excluding carboxylic acids is 2. The molecule has 0 aliphatic rings. The van der Waals surface area contributed by atoms with Gasteiger partial charge in [-0.3, -0.25) is 28.9 Å². The van der Waals surface area contributed by atoms with Gasteiger partial charge in [-0.2, -0.15) is 0 Å². The number of rotatable bonds is 6. The van der Waals surface area contributed by atoms with Crippen LogP contribution >= 0.6 is 11.3 Å². The van der Waals surface area contributed by atoms with Crippen LogP contribution in [0.25, 0.3) is 4.96 Å². The summed E-state index contributed by atoms with van der Waals surface area (Å²) < 4.78 is 6.47. The topological polar surface area (TPSA) is 133 Å². The zero-order chi connectivity index (χ0) is 20.3. The minimum Gasteiger partial charge on any atom is -0.458 e. The summed E-state index contributed by atoms with van der Waals surface area (Å²) in [5.74, 6) is -1.38. The van der Waals surface area contributed by atoms with Gasteiger partial charge in [0.1, 0.15) is 13.2 Å². The average molecular weight is 402 g/mol. The number of benzene rings is 1. The Labute approximate surface area is 161 Å². The summed E-state index contributed by atoms with van der Waals surface area (Å²) in [6, 6.07) is 6.41. The zero-order valence-corrected chi connectivity index (χ0v) is 15.4. The number of esters is 1. The Hall–Kier alpha value is -3.60. The van der Waals surface area contributed by atoms with Gasteiger partial charge in [-0.15, -0.1) is 11.3 Å². The molecule has 0 radical (unpaired) electrons. The van der Waals surface area contributed by atoms with Gasteiger partial charge in [-0.25, -0.2) is 4.98 Å². The number of nitro groups is 1. The highest BCUT2D eigenvalue weighted by molar-refractivity contribution is 7.15. The molecule has 0 unspecified atom stereocenters. The van der Waals surface area contributed by atoms with Crippen molar-refractivity contribution in [3.63, 3.8) is 0 Å². The first-order valence-corrected chi connectivity index (χ1v) is 8.88. The van der Waals surface area contributed by atoms with Crippen molar-refractivity contribution in [2.45, 2.75) is 13.5 Å². The number of aromatic nitrogens is 2. The van der Waals surface area contributed by atoms with E-state index < -0.39 is 23.3 Å². The van der Waals surface area contributed by atoms with E-state index in [2.05, 4.69) is 10.3 Å². The lowest BCUT2D eigenvalue weighted by molar-refractivity contribution is -0.384. The van der Waals surface area contributed by atoms with Gasteiger partial charge in [0, 0.05) is 34.8 Å². The SMILES string of the molecule is Cc1csc2nc(COC(=O)CNC(=O)c3cccc([N+](=O)[O-])c3)cc(=O)n12. The average Bonchev–Trinajstić information content (AvgIpc) is 3.05. The molecule has 3 aromatic rings. The number of nitrogens with one attached hydrogen (secondary N) is 1. The van der Waals surface area contributed by atoms with Crippen LogP contribution in [0, 0.1) is 17.0 Å². The predicted molar refractivity (Wildman–Crippen MR) is 99.3 cm³/mol. The molecule has 0 saturated heterocycles. The van der Waals surface area contributed by atoms with Gasteiger partial charge in [-0.1, -0.05) is 6.07 Å². The van der Waals surface area contributed by atoms with Crippen molar-refractivity contribution in [3.8, 4) is 0 Å². The maximum atomic E-state index is 12.1. The number of ether oxygens (including phenoxy) is 1. The second-order valence-electron chi connectivity index (χ2n) is 5.73. The fraction of sp³-hybridized carbons (Fsp3) is 0.176. The first kappa shape index (κ1) is 19.2. The Morgan fingerprint density at radius 1 is 1.36 bits per heavy atom. The molecule has 10 nitrogen and oxygen atoms in total. The lowest BCUT2D eigenvalue weighted by Gasteiger charge is -2.07. The van der Waals surface area contributed by atoms with Gasteiger partial charge in [0.05, 0.1) is 10.6 Å². The van der Waals surface area contributed by atoms with Crippen LogP contribution in [0.4, 0.5) is 5.69 Å². The summed E-state index contributed by atoms with van der Waals surface area (Å²) in [5.41, 5.74) is 0.617. The number of hydrogen-bond donors (Lipinski definition) is 1. The Morgan fingerprint density at radius 3 is 2.89 bits per heavy atom. The maximum Gasteiger partial charge on any atom is 0.325 e. The molecule has 11 heteroatoms. The summed E-state index contributed by atoms with van der Waals surface area (Å²) in [6.45, 7) is 1.14. The molecule has 1 amide bonds. The zero-order valence-electron chi connectivity index (χ0n) is 14.6. The van der Waals surface area contributed by atoms with Crippen LogP contribution in [0.2, 0.25) is 0 Å². The first-order valence-electron chi connectivity index (χ1n) is 8.00. The Morgan fingerprint density at radius 2 is 2.14 bits per heavy atom. The van der Waals surface area contributed by atoms with Gasteiger partial charge in [0.15, 0.2) is 4.96 Å². The number of thiazole rings is 1. The fourth-order valence-electron chi connectivity index (χ4n) is 2.40. The summed E-state index contributed by atoms with van der Waals surface area (Å²) in [4.78, 5) is 50.7. The van der Waals surface area contributed by atoms with Gasteiger partial charge >= 0.3 is 5.97 Å². The van der Waals surface area contributed by atoms with Crippen LogP contribution in [0.5, 0.6) is 0 Å². The molecule has 28 heavy (non-hydrogen) atoms.